The molecule has 2 heteroatoms. The van der Waals surface area contributed by atoms with E-state index in [0.29, 0.717) is 11.6 Å². The Labute approximate surface area is 80.2 Å². The van der Waals surface area contributed by atoms with E-state index >= 15 is 0 Å². The number of ether oxygens (including phenoxy) is 1. The van der Waals surface area contributed by atoms with Crippen molar-refractivity contribution >= 4 is 0 Å². The van der Waals surface area contributed by atoms with E-state index in [1.807, 2.05) is 0 Å². The Balaban J connectivity index is 1.93. The Morgan fingerprint density at radius 2 is 1.92 bits per heavy atom. The Hall–Kier alpha value is -0.0800. The number of piperidine rings is 1. The minimum Gasteiger partial charge on any atom is -0.375 e. The highest BCUT2D eigenvalue weighted by Crippen LogP contribution is 2.51. The second kappa shape index (κ2) is 2.29. The third-order valence-corrected chi connectivity index (χ3v) is 4.04. The fourth-order valence-electron chi connectivity index (χ4n) is 3.78. The standard InChI is InChI=1S/C11H19NO/c1-11(2,3)12-8-5-4-7-9(12)6-13-10(7)8/h7-10H,4-6H2,1-3H3/t7-,8?,9?,10?/m0/s1. The average molecular weight is 181 g/mol. The van der Waals surface area contributed by atoms with Crippen LogP contribution in [0.25, 0.3) is 0 Å². The molecule has 0 amide bonds. The largest absolute Gasteiger partial charge is 0.375 e. The molecule has 0 radical (unpaired) electrons. The van der Waals surface area contributed by atoms with E-state index in [-0.39, 0.29) is 0 Å². The summed E-state index contributed by atoms with van der Waals surface area (Å²) in [6.07, 6.45) is 3.36. The van der Waals surface area contributed by atoms with Crippen LogP contribution in [-0.4, -0.2) is 35.2 Å². The SMILES string of the molecule is CC(C)(C)N1C2CC[C@@H]3C2OCC31. The monoisotopic (exact) mass is 181 g/mol. The lowest BCUT2D eigenvalue weighted by molar-refractivity contribution is -0.0543. The maximum Gasteiger partial charge on any atom is 0.0775 e. The minimum atomic E-state index is 0.340. The van der Waals surface area contributed by atoms with Gasteiger partial charge in [0.2, 0.25) is 0 Å². The lowest BCUT2D eigenvalue weighted by Crippen LogP contribution is -2.55. The van der Waals surface area contributed by atoms with E-state index in [1.54, 1.807) is 0 Å². The molecular weight excluding hydrogens is 162 g/mol. The van der Waals surface area contributed by atoms with E-state index in [1.165, 1.54) is 12.8 Å². The molecule has 4 bridgehead atoms. The van der Waals surface area contributed by atoms with Gasteiger partial charge in [0.05, 0.1) is 12.7 Å². The third kappa shape index (κ3) is 0.909. The van der Waals surface area contributed by atoms with Gasteiger partial charge >= 0.3 is 0 Å². The molecule has 3 unspecified atom stereocenters. The molecule has 0 N–H and O–H groups in total. The Morgan fingerprint density at radius 1 is 1.15 bits per heavy atom. The molecule has 0 aromatic heterocycles. The molecular formula is C11H19NO. The molecule has 0 spiro atoms. The fourth-order valence-corrected chi connectivity index (χ4v) is 3.78. The zero-order valence-corrected chi connectivity index (χ0v) is 8.79. The summed E-state index contributed by atoms with van der Waals surface area (Å²) < 4.78 is 5.82. The van der Waals surface area contributed by atoms with Gasteiger partial charge < -0.3 is 4.74 Å². The van der Waals surface area contributed by atoms with Crippen LogP contribution in [-0.2, 0) is 4.74 Å². The van der Waals surface area contributed by atoms with Gasteiger partial charge in [-0.2, -0.15) is 0 Å². The summed E-state index contributed by atoms with van der Waals surface area (Å²) in [5, 5.41) is 0. The number of rotatable bonds is 0. The molecule has 2 heterocycles. The van der Waals surface area contributed by atoms with Crippen molar-refractivity contribution in [3.63, 3.8) is 0 Å². The molecule has 1 aliphatic carbocycles. The summed E-state index contributed by atoms with van der Waals surface area (Å²) in [6, 6.07) is 1.48. The van der Waals surface area contributed by atoms with Gasteiger partial charge in [-0.15, -0.1) is 0 Å². The molecule has 3 fully saturated rings. The first-order chi connectivity index (χ1) is 6.09. The van der Waals surface area contributed by atoms with Crippen LogP contribution in [0.15, 0.2) is 0 Å². The van der Waals surface area contributed by atoms with Gasteiger partial charge in [-0.25, -0.2) is 0 Å². The van der Waals surface area contributed by atoms with Gasteiger partial charge in [0, 0.05) is 23.5 Å². The van der Waals surface area contributed by atoms with Gasteiger partial charge in [-0.05, 0) is 33.6 Å². The van der Waals surface area contributed by atoms with Crippen LogP contribution in [0.1, 0.15) is 33.6 Å². The van der Waals surface area contributed by atoms with Crippen LogP contribution in [0.4, 0.5) is 0 Å². The van der Waals surface area contributed by atoms with Crippen LogP contribution in [0.5, 0.6) is 0 Å². The van der Waals surface area contributed by atoms with Gasteiger partial charge in [0.1, 0.15) is 0 Å². The van der Waals surface area contributed by atoms with Crippen molar-refractivity contribution in [1.29, 1.82) is 0 Å². The van der Waals surface area contributed by atoms with E-state index in [2.05, 4.69) is 25.7 Å². The van der Waals surface area contributed by atoms with Crippen molar-refractivity contribution in [1.82, 2.24) is 4.90 Å². The maximum atomic E-state index is 5.82. The Kier molecular flexibility index (Phi) is 1.45. The van der Waals surface area contributed by atoms with Crippen LogP contribution in [0.2, 0.25) is 0 Å². The number of likely N-dealkylation sites (tertiary alicyclic amines) is 1. The quantitative estimate of drug-likeness (QED) is 0.563. The minimum absolute atomic E-state index is 0.340. The average Bonchev–Trinajstić information content (AvgIpc) is 2.64. The van der Waals surface area contributed by atoms with E-state index in [9.17, 15) is 0 Å². The summed E-state index contributed by atoms with van der Waals surface area (Å²) >= 11 is 0. The fraction of sp³-hybridized carbons (Fsp3) is 1.00. The zero-order chi connectivity index (χ0) is 9.22. The number of hydrogen-bond donors (Lipinski definition) is 0. The summed E-state index contributed by atoms with van der Waals surface area (Å²) in [7, 11) is 0. The Morgan fingerprint density at radius 3 is 2.38 bits per heavy atom. The topological polar surface area (TPSA) is 12.5 Å². The molecule has 13 heavy (non-hydrogen) atoms. The van der Waals surface area contributed by atoms with Crippen LogP contribution in [0.3, 0.4) is 0 Å². The number of morpholine rings is 1. The highest BCUT2D eigenvalue weighted by Gasteiger charge is 2.60. The second-order valence-electron chi connectivity index (χ2n) is 5.75. The van der Waals surface area contributed by atoms with Gasteiger partial charge in [-0.3, -0.25) is 4.90 Å². The maximum absolute atomic E-state index is 5.82. The zero-order valence-electron chi connectivity index (χ0n) is 8.79. The Bertz CT molecular complexity index is 215. The normalized spacial score (nSPS) is 49.2. The van der Waals surface area contributed by atoms with Crippen molar-refractivity contribution in [3.05, 3.63) is 0 Å². The van der Waals surface area contributed by atoms with Crippen molar-refractivity contribution in [2.24, 2.45) is 5.92 Å². The number of nitrogens with zero attached hydrogens (tertiary/aromatic N) is 1. The second-order valence-corrected chi connectivity index (χ2v) is 5.75. The summed E-state index contributed by atoms with van der Waals surface area (Å²) in [6.45, 7) is 8.00. The molecule has 4 atom stereocenters. The van der Waals surface area contributed by atoms with Crippen molar-refractivity contribution in [2.45, 2.75) is 57.3 Å². The van der Waals surface area contributed by atoms with Gasteiger partial charge in [-0.1, -0.05) is 0 Å². The molecule has 2 nitrogen and oxygen atoms in total. The van der Waals surface area contributed by atoms with Crippen molar-refractivity contribution in [2.75, 3.05) is 6.61 Å². The number of hydrogen-bond acceptors (Lipinski definition) is 2. The highest BCUT2D eigenvalue weighted by molar-refractivity contribution is 5.12. The van der Waals surface area contributed by atoms with Crippen LogP contribution >= 0.6 is 0 Å². The first-order valence-electron chi connectivity index (χ1n) is 5.49. The first-order valence-corrected chi connectivity index (χ1v) is 5.49. The predicted molar refractivity (Wildman–Crippen MR) is 51.6 cm³/mol. The summed E-state index contributed by atoms with van der Waals surface area (Å²) in [4.78, 5) is 2.72. The van der Waals surface area contributed by atoms with Crippen LogP contribution < -0.4 is 0 Å². The molecule has 3 aliphatic rings. The molecule has 74 valence electrons. The molecule has 0 aromatic rings. The predicted octanol–water partition coefficient (Wildman–Crippen LogP) is 1.65. The van der Waals surface area contributed by atoms with Crippen molar-refractivity contribution < 1.29 is 4.74 Å². The summed E-state index contributed by atoms with van der Waals surface area (Å²) in [5.74, 6) is 0.865. The van der Waals surface area contributed by atoms with Gasteiger partial charge in [0.15, 0.2) is 0 Å². The molecule has 2 aliphatic heterocycles. The van der Waals surface area contributed by atoms with Gasteiger partial charge in [0.25, 0.3) is 0 Å². The smallest absolute Gasteiger partial charge is 0.0775 e. The first kappa shape index (κ1) is 8.25. The third-order valence-electron chi connectivity index (χ3n) is 4.04. The molecule has 0 aromatic carbocycles. The summed E-state index contributed by atoms with van der Waals surface area (Å²) in [5.41, 5.74) is 0.340. The van der Waals surface area contributed by atoms with Crippen molar-refractivity contribution in [3.8, 4) is 0 Å². The lowest BCUT2D eigenvalue weighted by Gasteiger charge is -2.45. The lowest BCUT2D eigenvalue weighted by atomic mass is 9.95. The van der Waals surface area contributed by atoms with Crippen LogP contribution in [0, 0.1) is 5.92 Å². The molecule has 2 saturated heterocycles. The molecule has 3 rings (SSSR count). The highest BCUT2D eigenvalue weighted by atomic mass is 16.5. The van der Waals surface area contributed by atoms with E-state index in [4.69, 9.17) is 4.74 Å². The van der Waals surface area contributed by atoms with E-state index < -0.39 is 0 Å². The molecule has 1 saturated carbocycles. The van der Waals surface area contributed by atoms with E-state index in [0.717, 1.165) is 24.6 Å².